The number of hydrogen-bond acceptors (Lipinski definition) is 7. The van der Waals surface area contributed by atoms with Crippen LogP contribution in [0.4, 0.5) is 4.79 Å². The predicted molar refractivity (Wildman–Crippen MR) is 110 cm³/mol. The van der Waals surface area contributed by atoms with E-state index in [2.05, 4.69) is 20.4 Å². The van der Waals surface area contributed by atoms with Crippen molar-refractivity contribution in [3.8, 4) is 34.7 Å². The van der Waals surface area contributed by atoms with Crippen LogP contribution in [0.15, 0.2) is 42.6 Å². The first-order valence-corrected chi connectivity index (χ1v) is 9.37. The van der Waals surface area contributed by atoms with Crippen LogP contribution in [0.3, 0.4) is 0 Å². The van der Waals surface area contributed by atoms with Gasteiger partial charge in [0.05, 0.1) is 31.6 Å². The van der Waals surface area contributed by atoms with Gasteiger partial charge in [-0.1, -0.05) is 0 Å². The van der Waals surface area contributed by atoms with Gasteiger partial charge in [-0.05, 0) is 44.2 Å². The molecule has 2 heterocycles. The number of nitrogens with one attached hydrogen (secondary N) is 1. The minimum atomic E-state index is -0.583. The van der Waals surface area contributed by atoms with Crippen LogP contribution in [0.1, 0.15) is 13.8 Å². The third-order valence-corrected chi connectivity index (χ3v) is 3.89. The molecule has 0 spiro atoms. The van der Waals surface area contributed by atoms with Crippen molar-refractivity contribution < 1.29 is 19.0 Å². The summed E-state index contributed by atoms with van der Waals surface area (Å²) in [7, 11) is 1.56. The average Bonchev–Trinajstić information content (AvgIpc) is 3.14. The molecule has 0 saturated heterocycles. The number of methoxy groups -OCH3 is 1. The SMILES string of the molecule is COc1ccc(-n2nc(OC(C)C)nc2-c2ccc(OCCNC(N)=O)cc2)cn1. The maximum absolute atomic E-state index is 10.7. The molecular formula is C20H24N6O4. The molecule has 0 saturated carbocycles. The van der Waals surface area contributed by atoms with Crippen molar-refractivity contribution in [1.29, 1.82) is 0 Å². The molecule has 1 aromatic carbocycles. The standard InChI is InChI=1S/C20H24N6O4/c1-13(2)30-20-24-18(26(25-20)15-6-9-17(28-3)23-12-15)14-4-7-16(8-5-14)29-11-10-22-19(21)27/h4-9,12-13H,10-11H2,1-3H3,(H3,21,22,27). The van der Waals surface area contributed by atoms with Gasteiger partial charge in [0.25, 0.3) is 0 Å². The lowest BCUT2D eigenvalue weighted by atomic mass is 10.2. The predicted octanol–water partition coefficient (Wildman–Crippen LogP) is 2.17. The Kier molecular flexibility index (Phi) is 6.68. The van der Waals surface area contributed by atoms with Crippen LogP contribution in [0.25, 0.3) is 17.1 Å². The van der Waals surface area contributed by atoms with Crippen LogP contribution < -0.4 is 25.3 Å². The van der Waals surface area contributed by atoms with Crippen molar-refractivity contribution >= 4 is 6.03 Å². The monoisotopic (exact) mass is 412 g/mol. The number of primary amides is 1. The number of nitrogens with two attached hydrogens (primary N) is 1. The summed E-state index contributed by atoms with van der Waals surface area (Å²) in [6.07, 6.45) is 1.59. The lowest BCUT2D eigenvalue weighted by Crippen LogP contribution is -2.32. The molecule has 10 nitrogen and oxygen atoms in total. The van der Waals surface area contributed by atoms with E-state index in [1.807, 2.05) is 44.2 Å². The van der Waals surface area contributed by atoms with Gasteiger partial charge in [-0.2, -0.15) is 4.98 Å². The van der Waals surface area contributed by atoms with Crippen LogP contribution in [0, 0.1) is 0 Å². The number of carbonyl (C=O) groups excluding carboxylic acids is 1. The summed E-state index contributed by atoms with van der Waals surface area (Å²) in [4.78, 5) is 19.5. The Morgan fingerprint density at radius 2 is 1.97 bits per heavy atom. The normalized spacial score (nSPS) is 10.7. The molecule has 0 atom stereocenters. The van der Waals surface area contributed by atoms with Gasteiger partial charge >= 0.3 is 12.0 Å². The van der Waals surface area contributed by atoms with Crippen molar-refractivity contribution in [2.75, 3.05) is 20.3 Å². The van der Waals surface area contributed by atoms with Gasteiger partial charge in [-0.25, -0.2) is 14.5 Å². The number of urea groups is 1. The maximum atomic E-state index is 10.7. The van der Waals surface area contributed by atoms with Crippen LogP contribution in [-0.4, -0.2) is 52.1 Å². The highest BCUT2D eigenvalue weighted by Gasteiger charge is 2.16. The first-order chi connectivity index (χ1) is 14.5. The number of ether oxygens (including phenoxy) is 3. The molecule has 0 radical (unpaired) electrons. The Hall–Kier alpha value is -3.82. The second-order valence-electron chi connectivity index (χ2n) is 6.52. The van der Waals surface area contributed by atoms with Crippen molar-refractivity contribution in [2.24, 2.45) is 5.73 Å². The van der Waals surface area contributed by atoms with Crippen molar-refractivity contribution in [2.45, 2.75) is 20.0 Å². The first-order valence-electron chi connectivity index (χ1n) is 9.37. The van der Waals surface area contributed by atoms with Gasteiger partial charge in [0.2, 0.25) is 5.88 Å². The largest absolute Gasteiger partial charge is 0.492 e. The highest BCUT2D eigenvalue weighted by Crippen LogP contribution is 2.26. The van der Waals surface area contributed by atoms with E-state index in [9.17, 15) is 4.79 Å². The summed E-state index contributed by atoms with van der Waals surface area (Å²) in [6, 6.07) is 10.6. The number of nitrogens with zero attached hydrogens (tertiary/aromatic N) is 4. The Bertz CT molecular complexity index is 970. The van der Waals surface area contributed by atoms with Gasteiger partial charge < -0.3 is 25.3 Å². The third-order valence-electron chi connectivity index (χ3n) is 3.89. The summed E-state index contributed by atoms with van der Waals surface area (Å²) >= 11 is 0. The van der Waals surface area contributed by atoms with Crippen LogP contribution in [0.2, 0.25) is 0 Å². The van der Waals surface area contributed by atoms with Gasteiger partial charge in [0, 0.05) is 11.6 Å². The Balaban J connectivity index is 1.84. The number of benzene rings is 1. The van der Waals surface area contributed by atoms with E-state index >= 15 is 0 Å². The molecule has 0 unspecified atom stereocenters. The summed E-state index contributed by atoms with van der Waals surface area (Å²) in [6.45, 7) is 4.46. The minimum absolute atomic E-state index is 0.0625. The molecule has 0 aliphatic heterocycles. The molecule has 3 rings (SSSR count). The van der Waals surface area contributed by atoms with E-state index < -0.39 is 6.03 Å². The van der Waals surface area contributed by atoms with Crippen molar-refractivity contribution in [1.82, 2.24) is 25.1 Å². The Morgan fingerprint density at radius 3 is 2.57 bits per heavy atom. The van der Waals surface area contributed by atoms with E-state index in [1.165, 1.54) is 0 Å². The number of hydrogen-bond donors (Lipinski definition) is 2. The molecule has 0 aliphatic rings. The average molecular weight is 412 g/mol. The third kappa shape index (κ3) is 5.37. The summed E-state index contributed by atoms with van der Waals surface area (Å²) < 4.78 is 18.0. The summed E-state index contributed by atoms with van der Waals surface area (Å²) in [5, 5.41) is 6.94. The number of pyridine rings is 1. The number of aromatic nitrogens is 4. The molecule has 0 bridgehead atoms. The fraction of sp³-hybridized carbons (Fsp3) is 0.300. The zero-order valence-electron chi connectivity index (χ0n) is 17.0. The second-order valence-corrected chi connectivity index (χ2v) is 6.52. The molecule has 30 heavy (non-hydrogen) atoms. The summed E-state index contributed by atoms with van der Waals surface area (Å²) in [5.41, 5.74) is 6.56. The molecule has 2 amide bonds. The van der Waals surface area contributed by atoms with Gasteiger partial charge in [0.1, 0.15) is 12.4 Å². The Labute approximate surface area is 174 Å². The zero-order chi connectivity index (χ0) is 21.5. The first kappa shape index (κ1) is 20.9. The Morgan fingerprint density at radius 1 is 1.20 bits per heavy atom. The maximum Gasteiger partial charge on any atom is 0.336 e. The number of rotatable bonds is 9. The van der Waals surface area contributed by atoms with Crippen LogP contribution >= 0.6 is 0 Å². The fourth-order valence-corrected chi connectivity index (χ4v) is 2.58. The quantitative estimate of drug-likeness (QED) is 0.516. The second kappa shape index (κ2) is 9.59. The topological polar surface area (TPSA) is 126 Å². The van der Waals surface area contributed by atoms with Crippen molar-refractivity contribution in [3.63, 3.8) is 0 Å². The van der Waals surface area contributed by atoms with Crippen LogP contribution in [0.5, 0.6) is 17.6 Å². The lowest BCUT2D eigenvalue weighted by molar-refractivity contribution is 0.222. The molecule has 0 fully saturated rings. The fourth-order valence-electron chi connectivity index (χ4n) is 2.58. The molecule has 158 valence electrons. The van der Waals surface area contributed by atoms with Gasteiger partial charge in [0.15, 0.2) is 5.82 Å². The smallest absolute Gasteiger partial charge is 0.336 e. The number of carbonyl (C=O) groups is 1. The van der Waals surface area contributed by atoms with Gasteiger partial charge in [-0.15, -0.1) is 5.10 Å². The number of amides is 2. The van der Waals surface area contributed by atoms with E-state index in [0.29, 0.717) is 30.6 Å². The molecule has 2 aromatic heterocycles. The van der Waals surface area contributed by atoms with Crippen LogP contribution in [-0.2, 0) is 0 Å². The summed E-state index contributed by atoms with van der Waals surface area (Å²) in [5.74, 6) is 1.76. The zero-order valence-corrected chi connectivity index (χ0v) is 17.0. The van der Waals surface area contributed by atoms with Crippen molar-refractivity contribution in [3.05, 3.63) is 42.6 Å². The minimum Gasteiger partial charge on any atom is -0.492 e. The van der Waals surface area contributed by atoms with E-state index in [-0.39, 0.29) is 12.1 Å². The highest BCUT2D eigenvalue weighted by molar-refractivity contribution is 5.71. The van der Waals surface area contributed by atoms with Gasteiger partial charge in [-0.3, -0.25) is 0 Å². The molecule has 10 heteroatoms. The lowest BCUT2D eigenvalue weighted by Gasteiger charge is -2.08. The van der Waals surface area contributed by atoms with E-state index in [1.54, 1.807) is 24.1 Å². The molecular weight excluding hydrogens is 388 g/mol. The van der Waals surface area contributed by atoms with E-state index in [4.69, 9.17) is 19.9 Å². The molecule has 3 aromatic rings. The van der Waals surface area contributed by atoms with E-state index in [0.717, 1.165) is 11.3 Å². The molecule has 3 N–H and O–H groups in total. The highest BCUT2D eigenvalue weighted by atomic mass is 16.5. The molecule has 0 aliphatic carbocycles.